The number of nitrogens with one attached hydrogen (secondary N) is 2. The van der Waals surface area contributed by atoms with Gasteiger partial charge in [-0.1, -0.05) is 6.07 Å². The highest BCUT2D eigenvalue weighted by Crippen LogP contribution is 2.26. The van der Waals surface area contributed by atoms with E-state index in [0.29, 0.717) is 18.8 Å². The van der Waals surface area contributed by atoms with E-state index < -0.39 is 12.5 Å². The third kappa shape index (κ3) is 4.48. The highest BCUT2D eigenvalue weighted by Gasteiger charge is 2.23. The van der Waals surface area contributed by atoms with E-state index in [2.05, 4.69) is 25.7 Å². The van der Waals surface area contributed by atoms with E-state index in [1.807, 2.05) is 31.3 Å². The second kappa shape index (κ2) is 7.82. The van der Waals surface area contributed by atoms with E-state index in [-0.39, 0.29) is 17.7 Å². The molecule has 3 aromatic rings. The molecular formula is C19H18F2N6O2. The average molecular weight is 400 g/mol. The highest BCUT2D eigenvalue weighted by atomic mass is 19.3. The van der Waals surface area contributed by atoms with Crippen molar-refractivity contribution in [2.45, 2.75) is 26.0 Å². The van der Waals surface area contributed by atoms with Gasteiger partial charge >= 0.3 is 6.09 Å². The fraction of sp³-hybridized carbons (Fsp3) is 0.263. The van der Waals surface area contributed by atoms with E-state index in [0.717, 1.165) is 16.7 Å². The van der Waals surface area contributed by atoms with Crippen LogP contribution in [0.4, 0.5) is 25.2 Å². The van der Waals surface area contributed by atoms with Gasteiger partial charge in [0, 0.05) is 23.6 Å². The van der Waals surface area contributed by atoms with Crippen molar-refractivity contribution in [3.05, 3.63) is 54.1 Å². The minimum absolute atomic E-state index is 0.102. The van der Waals surface area contributed by atoms with Gasteiger partial charge in [-0.3, -0.25) is 4.68 Å². The van der Waals surface area contributed by atoms with Crippen LogP contribution < -0.4 is 10.6 Å². The molecule has 3 heterocycles. The summed E-state index contributed by atoms with van der Waals surface area (Å²) in [6.45, 7) is 2.83. The predicted molar refractivity (Wildman–Crippen MR) is 101 cm³/mol. The Morgan fingerprint density at radius 2 is 2.21 bits per heavy atom. The molecule has 0 radical (unpaired) electrons. The van der Waals surface area contributed by atoms with Gasteiger partial charge in [0.25, 0.3) is 6.43 Å². The van der Waals surface area contributed by atoms with Crippen molar-refractivity contribution in [2.24, 2.45) is 0 Å². The first-order valence-corrected chi connectivity index (χ1v) is 8.93. The third-order valence-electron chi connectivity index (χ3n) is 4.34. The molecule has 2 aromatic heterocycles. The number of hydrogen-bond donors (Lipinski definition) is 2. The fourth-order valence-electron chi connectivity index (χ4n) is 3.06. The maximum atomic E-state index is 12.8. The zero-order valence-electron chi connectivity index (χ0n) is 15.5. The van der Waals surface area contributed by atoms with Crippen molar-refractivity contribution in [1.82, 2.24) is 25.1 Å². The van der Waals surface area contributed by atoms with Gasteiger partial charge in [0.2, 0.25) is 5.95 Å². The van der Waals surface area contributed by atoms with Crippen LogP contribution in [0, 0.1) is 6.92 Å². The fourth-order valence-corrected chi connectivity index (χ4v) is 3.06. The first-order valence-electron chi connectivity index (χ1n) is 8.93. The Kier molecular flexibility index (Phi) is 5.07. The first-order chi connectivity index (χ1) is 14.0. The summed E-state index contributed by atoms with van der Waals surface area (Å²) in [5.74, 6) is 0.102. The molecule has 4 rings (SSSR count). The second-order valence-electron chi connectivity index (χ2n) is 6.68. The van der Waals surface area contributed by atoms with Crippen molar-refractivity contribution in [2.75, 3.05) is 11.9 Å². The van der Waals surface area contributed by atoms with E-state index in [9.17, 15) is 13.6 Å². The monoisotopic (exact) mass is 400 g/mol. The van der Waals surface area contributed by atoms with E-state index in [1.54, 1.807) is 10.9 Å². The van der Waals surface area contributed by atoms with Crippen LogP contribution in [0.1, 0.15) is 17.7 Å². The quantitative estimate of drug-likeness (QED) is 0.658. The molecule has 150 valence electrons. The number of rotatable bonds is 6. The third-order valence-corrected chi connectivity index (χ3v) is 4.34. The second-order valence-corrected chi connectivity index (χ2v) is 6.68. The summed E-state index contributed by atoms with van der Waals surface area (Å²) in [5.41, 5.74) is 3.07. The molecule has 1 aliphatic rings. The number of alkyl carbamates (subject to hydrolysis) is 1. The van der Waals surface area contributed by atoms with Crippen molar-refractivity contribution in [1.29, 1.82) is 0 Å². The Morgan fingerprint density at radius 1 is 1.34 bits per heavy atom. The molecule has 8 nitrogen and oxygen atoms in total. The molecular weight excluding hydrogens is 382 g/mol. The molecule has 1 atom stereocenters. The lowest BCUT2D eigenvalue weighted by Crippen LogP contribution is -2.20. The maximum absolute atomic E-state index is 12.8. The van der Waals surface area contributed by atoms with Crippen molar-refractivity contribution < 1.29 is 18.3 Å². The van der Waals surface area contributed by atoms with Crippen LogP contribution in [0.5, 0.6) is 0 Å². The van der Waals surface area contributed by atoms with Crippen LogP contribution in [0.3, 0.4) is 0 Å². The highest BCUT2D eigenvalue weighted by molar-refractivity contribution is 5.70. The number of nitrogens with zero attached hydrogens (tertiary/aromatic N) is 4. The summed E-state index contributed by atoms with van der Waals surface area (Å²) in [6, 6.07) is 6.91. The number of anilines is 2. The van der Waals surface area contributed by atoms with Crippen LogP contribution in [0.25, 0.3) is 11.1 Å². The smallest absolute Gasteiger partial charge is 0.407 e. The number of amides is 1. The van der Waals surface area contributed by atoms with Gasteiger partial charge in [-0.05, 0) is 36.2 Å². The lowest BCUT2D eigenvalue weighted by Gasteiger charge is -2.09. The molecule has 0 bridgehead atoms. The van der Waals surface area contributed by atoms with Gasteiger partial charge in [-0.2, -0.15) is 5.10 Å². The predicted octanol–water partition coefficient (Wildman–Crippen LogP) is 3.44. The van der Waals surface area contributed by atoms with Gasteiger partial charge in [0.15, 0.2) is 0 Å². The van der Waals surface area contributed by atoms with Crippen molar-refractivity contribution in [3.8, 4) is 11.1 Å². The van der Waals surface area contributed by atoms with Crippen LogP contribution in [0.2, 0.25) is 0 Å². The minimum atomic E-state index is -2.66. The number of halogens is 2. The lowest BCUT2D eigenvalue weighted by atomic mass is 10.1. The van der Waals surface area contributed by atoms with Crippen LogP contribution >= 0.6 is 0 Å². The summed E-state index contributed by atoms with van der Waals surface area (Å²) >= 11 is 0. The average Bonchev–Trinajstić information content (AvgIpc) is 3.31. The number of ether oxygens (including phenoxy) is 1. The van der Waals surface area contributed by atoms with Gasteiger partial charge in [-0.15, -0.1) is 0 Å². The van der Waals surface area contributed by atoms with E-state index in [4.69, 9.17) is 4.74 Å². The molecule has 1 saturated heterocycles. The molecule has 2 N–H and O–H groups in total. The van der Waals surface area contributed by atoms with Crippen LogP contribution in [-0.4, -0.2) is 38.5 Å². The molecule has 0 saturated carbocycles. The molecule has 0 aliphatic carbocycles. The van der Waals surface area contributed by atoms with E-state index >= 15 is 0 Å². The number of benzene rings is 1. The topological polar surface area (TPSA) is 94.0 Å². The Hall–Kier alpha value is -3.56. The summed E-state index contributed by atoms with van der Waals surface area (Å²) < 4.78 is 32.5. The molecule has 1 aliphatic heterocycles. The molecule has 10 heteroatoms. The Labute approximate surface area is 164 Å². The number of hydrogen-bond acceptors (Lipinski definition) is 6. The largest absolute Gasteiger partial charge is 0.442 e. The van der Waals surface area contributed by atoms with Gasteiger partial charge in [0.1, 0.15) is 11.8 Å². The lowest BCUT2D eigenvalue weighted by molar-refractivity contribution is 0.129. The number of alkyl halides is 2. The molecule has 1 amide bonds. The Balaban J connectivity index is 1.53. The summed E-state index contributed by atoms with van der Waals surface area (Å²) in [6.07, 6.45) is 1.53. The van der Waals surface area contributed by atoms with Crippen molar-refractivity contribution >= 4 is 17.7 Å². The Bertz CT molecular complexity index is 1040. The number of aromatic nitrogens is 4. The van der Waals surface area contributed by atoms with Gasteiger partial charge in [0.05, 0.1) is 19.3 Å². The maximum Gasteiger partial charge on any atom is 0.407 e. The van der Waals surface area contributed by atoms with Crippen LogP contribution in [0.15, 0.2) is 42.9 Å². The molecule has 0 spiro atoms. The SMILES string of the molecule is Cc1cc(Nc2nccc(C(F)F)n2)cc(-c2cnn(C[C@H]3CNC(=O)O3)c2)c1. The zero-order chi connectivity index (χ0) is 20.4. The molecule has 1 fully saturated rings. The minimum Gasteiger partial charge on any atom is -0.442 e. The first kappa shape index (κ1) is 18.8. The molecule has 29 heavy (non-hydrogen) atoms. The zero-order valence-corrected chi connectivity index (χ0v) is 15.5. The standard InChI is InChI=1S/C19H18F2N6O2/c1-11-4-12(13-7-24-27(9-13)10-15-8-23-19(28)29-15)6-14(5-11)25-18-22-3-2-16(26-18)17(20)21/h2-7,9,15,17H,8,10H2,1H3,(H,23,28)(H,22,25,26)/t15-/m1/s1. The normalized spacial score (nSPS) is 16.0. The summed E-state index contributed by atoms with van der Waals surface area (Å²) in [7, 11) is 0. The number of carbonyl (C=O) groups excluding carboxylic acids is 1. The van der Waals surface area contributed by atoms with Crippen LogP contribution in [-0.2, 0) is 11.3 Å². The number of aryl methyl sites for hydroxylation is 1. The van der Waals surface area contributed by atoms with Gasteiger partial charge in [-0.25, -0.2) is 23.5 Å². The van der Waals surface area contributed by atoms with E-state index in [1.165, 1.54) is 12.3 Å². The molecule has 0 unspecified atom stereocenters. The Morgan fingerprint density at radius 3 is 2.97 bits per heavy atom. The summed E-state index contributed by atoms with van der Waals surface area (Å²) in [5, 5.41) is 9.90. The van der Waals surface area contributed by atoms with Crippen molar-refractivity contribution in [3.63, 3.8) is 0 Å². The van der Waals surface area contributed by atoms with Gasteiger partial charge < -0.3 is 15.4 Å². The summed E-state index contributed by atoms with van der Waals surface area (Å²) in [4.78, 5) is 19.0. The number of carbonyl (C=O) groups is 1. The molecule has 1 aromatic carbocycles. The number of cyclic esters (lactones) is 1.